The molecule has 0 unspecified atom stereocenters. The number of thiophene rings is 1. The van der Waals surface area contributed by atoms with Gasteiger partial charge in [-0.25, -0.2) is 18.7 Å². The van der Waals surface area contributed by atoms with Gasteiger partial charge in [-0.1, -0.05) is 0 Å². The van der Waals surface area contributed by atoms with Gasteiger partial charge in [0, 0.05) is 32.4 Å². The van der Waals surface area contributed by atoms with E-state index in [0.29, 0.717) is 26.2 Å². The molecule has 7 nitrogen and oxygen atoms in total. The van der Waals surface area contributed by atoms with Crippen LogP contribution in [0, 0.1) is 0 Å². The van der Waals surface area contributed by atoms with Crippen LogP contribution in [-0.2, 0) is 11.3 Å². The fourth-order valence-corrected chi connectivity index (χ4v) is 3.85. The largest absolute Gasteiger partial charge is 0.352 e. The van der Waals surface area contributed by atoms with Gasteiger partial charge in [-0.2, -0.15) is 5.10 Å². The van der Waals surface area contributed by atoms with E-state index >= 15 is 0 Å². The van der Waals surface area contributed by atoms with Gasteiger partial charge >= 0.3 is 0 Å². The summed E-state index contributed by atoms with van der Waals surface area (Å²) < 4.78 is 27.5. The van der Waals surface area contributed by atoms with Gasteiger partial charge in [0.25, 0.3) is 6.43 Å². The lowest BCUT2D eigenvalue weighted by atomic mass is 10.3. The van der Waals surface area contributed by atoms with Crippen LogP contribution < -0.4 is 4.90 Å². The second-order valence-corrected chi connectivity index (χ2v) is 6.86. The molecule has 0 aromatic carbocycles. The normalized spacial score (nSPS) is 15.2. The number of anilines is 1. The number of rotatable bonds is 4. The summed E-state index contributed by atoms with van der Waals surface area (Å²) in [7, 11) is 0. The van der Waals surface area contributed by atoms with Crippen LogP contribution in [0.3, 0.4) is 0 Å². The van der Waals surface area contributed by atoms with Gasteiger partial charge in [-0.05, 0) is 17.5 Å². The van der Waals surface area contributed by atoms with E-state index in [1.54, 1.807) is 22.6 Å². The highest BCUT2D eigenvalue weighted by Gasteiger charge is 2.24. The third-order valence-corrected chi connectivity index (χ3v) is 5.24. The SMILES string of the molecule is O=C(Cn1ccc(C(F)F)n1)N1CCN(c2ncnc3ccsc23)CC1. The molecule has 1 amide bonds. The minimum Gasteiger partial charge on any atom is -0.352 e. The van der Waals surface area contributed by atoms with Crippen molar-refractivity contribution in [2.24, 2.45) is 0 Å². The molecule has 0 bridgehead atoms. The van der Waals surface area contributed by atoms with Crippen LogP contribution in [0.5, 0.6) is 0 Å². The molecule has 3 aromatic rings. The van der Waals surface area contributed by atoms with Crippen LogP contribution in [-0.4, -0.2) is 56.7 Å². The Kier molecular flexibility index (Phi) is 4.49. The highest BCUT2D eigenvalue weighted by Crippen LogP contribution is 2.28. The molecule has 0 spiro atoms. The molecule has 136 valence electrons. The molecule has 1 saturated heterocycles. The molecule has 3 aromatic heterocycles. The van der Waals surface area contributed by atoms with Crippen molar-refractivity contribution in [1.29, 1.82) is 0 Å². The quantitative estimate of drug-likeness (QED) is 0.696. The summed E-state index contributed by atoms with van der Waals surface area (Å²) in [5.41, 5.74) is 0.610. The van der Waals surface area contributed by atoms with E-state index in [2.05, 4.69) is 20.0 Å². The Morgan fingerprint density at radius 1 is 1.19 bits per heavy atom. The molecule has 1 aliphatic heterocycles. The Labute approximate surface area is 151 Å². The number of nitrogens with zero attached hydrogens (tertiary/aromatic N) is 6. The smallest absolute Gasteiger partial charge is 0.282 e. The molecule has 0 aliphatic carbocycles. The second kappa shape index (κ2) is 6.94. The van der Waals surface area contributed by atoms with E-state index in [9.17, 15) is 13.6 Å². The van der Waals surface area contributed by atoms with E-state index in [1.165, 1.54) is 16.9 Å². The van der Waals surface area contributed by atoms with Crippen molar-refractivity contribution in [2.75, 3.05) is 31.1 Å². The minimum atomic E-state index is -2.63. The first-order valence-corrected chi connectivity index (χ1v) is 9.02. The lowest BCUT2D eigenvalue weighted by molar-refractivity contribution is -0.132. The number of amides is 1. The first kappa shape index (κ1) is 16.8. The van der Waals surface area contributed by atoms with Gasteiger partial charge in [0.2, 0.25) is 5.91 Å². The first-order chi connectivity index (χ1) is 12.6. The van der Waals surface area contributed by atoms with Gasteiger partial charge in [0.05, 0.1) is 10.2 Å². The van der Waals surface area contributed by atoms with E-state index in [1.807, 2.05) is 11.4 Å². The topological polar surface area (TPSA) is 67.2 Å². The fourth-order valence-electron chi connectivity index (χ4n) is 2.99. The van der Waals surface area contributed by atoms with Gasteiger partial charge < -0.3 is 9.80 Å². The summed E-state index contributed by atoms with van der Waals surface area (Å²) >= 11 is 1.60. The molecule has 1 aliphatic rings. The van der Waals surface area contributed by atoms with Gasteiger partial charge in [-0.15, -0.1) is 11.3 Å². The zero-order valence-corrected chi connectivity index (χ0v) is 14.6. The van der Waals surface area contributed by atoms with Crippen molar-refractivity contribution < 1.29 is 13.6 Å². The molecule has 4 heterocycles. The van der Waals surface area contributed by atoms with Crippen molar-refractivity contribution in [3.8, 4) is 0 Å². The van der Waals surface area contributed by atoms with Crippen molar-refractivity contribution in [3.63, 3.8) is 0 Å². The number of carbonyl (C=O) groups excluding carboxylic acids is 1. The molecule has 0 N–H and O–H groups in total. The Morgan fingerprint density at radius 3 is 2.73 bits per heavy atom. The monoisotopic (exact) mass is 378 g/mol. The summed E-state index contributed by atoms with van der Waals surface area (Å²) in [6.45, 7) is 2.40. The number of hydrogen-bond acceptors (Lipinski definition) is 6. The third-order valence-electron chi connectivity index (χ3n) is 4.34. The van der Waals surface area contributed by atoms with Crippen LogP contribution in [0.2, 0.25) is 0 Å². The van der Waals surface area contributed by atoms with E-state index in [0.717, 1.165) is 16.0 Å². The Hall–Kier alpha value is -2.62. The lowest BCUT2D eigenvalue weighted by Gasteiger charge is -2.35. The molecule has 10 heteroatoms. The van der Waals surface area contributed by atoms with Crippen LogP contribution in [0.25, 0.3) is 10.2 Å². The standard InChI is InChI=1S/C16H16F2N6OS/c17-15(18)12-1-3-24(21-12)9-13(25)22-4-6-23(7-5-22)16-14-11(2-8-26-14)19-10-20-16/h1-3,8,10,15H,4-7,9H2. The van der Waals surface area contributed by atoms with Gasteiger partial charge in [0.1, 0.15) is 24.4 Å². The summed E-state index contributed by atoms with van der Waals surface area (Å²) in [5.74, 6) is 0.767. The zero-order valence-electron chi connectivity index (χ0n) is 13.8. The molecule has 4 rings (SSSR count). The fraction of sp³-hybridized carbons (Fsp3) is 0.375. The molecule has 0 saturated carbocycles. The predicted molar refractivity (Wildman–Crippen MR) is 93.4 cm³/mol. The average molecular weight is 378 g/mol. The second-order valence-electron chi connectivity index (χ2n) is 5.94. The maximum atomic E-state index is 12.6. The van der Waals surface area contributed by atoms with Crippen molar-refractivity contribution in [3.05, 3.63) is 35.7 Å². The van der Waals surface area contributed by atoms with E-state index < -0.39 is 6.43 Å². The molecular weight excluding hydrogens is 362 g/mol. The number of hydrogen-bond donors (Lipinski definition) is 0. The average Bonchev–Trinajstić information content (AvgIpc) is 3.30. The van der Waals surface area contributed by atoms with Crippen LogP contribution in [0.1, 0.15) is 12.1 Å². The number of alkyl halides is 2. The number of aromatic nitrogens is 4. The number of carbonyl (C=O) groups is 1. The Morgan fingerprint density at radius 2 is 2.00 bits per heavy atom. The highest BCUT2D eigenvalue weighted by atomic mass is 32.1. The van der Waals surface area contributed by atoms with Crippen molar-refractivity contribution in [2.45, 2.75) is 13.0 Å². The molecular formula is C16H16F2N6OS. The number of piperazine rings is 1. The van der Waals surface area contributed by atoms with Crippen LogP contribution >= 0.6 is 11.3 Å². The Bertz CT molecular complexity index is 918. The Balaban J connectivity index is 1.38. The minimum absolute atomic E-state index is 0.0323. The molecule has 0 atom stereocenters. The van der Waals surface area contributed by atoms with Crippen molar-refractivity contribution in [1.82, 2.24) is 24.6 Å². The maximum absolute atomic E-state index is 12.6. The zero-order chi connectivity index (χ0) is 18.1. The highest BCUT2D eigenvalue weighted by molar-refractivity contribution is 7.17. The molecule has 1 fully saturated rings. The lowest BCUT2D eigenvalue weighted by Crippen LogP contribution is -2.49. The van der Waals surface area contributed by atoms with Crippen molar-refractivity contribution >= 4 is 33.3 Å². The van der Waals surface area contributed by atoms with Gasteiger partial charge in [0.15, 0.2) is 0 Å². The van der Waals surface area contributed by atoms with Crippen LogP contribution in [0.15, 0.2) is 30.0 Å². The summed E-state index contributed by atoms with van der Waals surface area (Å²) in [6, 6.07) is 3.19. The van der Waals surface area contributed by atoms with Crippen LogP contribution in [0.4, 0.5) is 14.6 Å². The van der Waals surface area contributed by atoms with E-state index in [4.69, 9.17) is 0 Å². The number of halogens is 2. The predicted octanol–water partition coefficient (Wildman–Crippen LogP) is 2.17. The first-order valence-electron chi connectivity index (χ1n) is 8.14. The number of fused-ring (bicyclic) bond motifs is 1. The third kappa shape index (κ3) is 3.24. The summed E-state index contributed by atoms with van der Waals surface area (Å²) in [6.07, 6.45) is 0.335. The summed E-state index contributed by atoms with van der Waals surface area (Å²) in [4.78, 5) is 24.9. The maximum Gasteiger partial charge on any atom is 0.282 e. The molecule has 26 heavy (non-hydrogen) atoms. The van der Waals surface area contributed by atoms with E-state index in [-0.39, 0.29) is 18.1 Å². The summed E-state index contributed by atoms with van der Waals surface area (Å²) in [5, 5.41) is 5.72. The molecule has 0 radical (unpaired) electrons. The van der Waals surface area contributed by atoms with Gasteiger partial charge in [-0.3, -0.25) is 9.48 Å².